The van der Waals surface area contributed by atoms with E-state index in [0.717, 1.165) is 21.6 Å². The van der Waals surface area contributed by atoms with Crippen molar-refractivity contribution in [3.63, 3.8) is 0 Å². The molecule has 0 spiro atoms. The Kier molecular flexibility index (Phi) is 6.09. The van der Waals surface area contributed by atoms with Crippen molar-refractivity contribution in [2.45, 2.75) is 6.92 Å². The number of aryl methyl sites for hydroxylation is 1. The summed E-state index contributed by atoms with van der Waals surface area (Å²) in [5, 5.41) is 4.57. The lowest BCUT2D eigenvalue weighted by Gasteiger charge is -2.31. The molecule has 4 amide bonds. The number of barbiturate groups is 1. The molecule has 2 aromatic carbocycles. The van der Waals surface area contributed by atoms with E-state index in [9.17, 15) is 19.2 Å². The van der Waals surface area contributed by atoms with Gasteiger partial charge in [-0.3, -0.25) is 24.2 Å². The van der Waals surface area contributed by atoms with Crippen molar-refractivity contribution < 1.29 is 23.9 Å². The maximum absolute atomic E-state index is 12.9. The number of urea groups is 1. The summed E-state index contributed by atoms with van der Waals surface area (Å²) in [7, 11) is 2.47. The third-order valence-electron chi connectivity index (χ3n) is 5.45. The molecule has 0 radical (unpaired) electrons. The zero-order chi connectivity index (χ0) is 24.4. The van der Waals surface area contributed by atoms with Crippen LogP contribution in [0.2, 0.25) is 0 Å². The monoisotopic (exact) mass is 458 g/mol. The van der Waals surface area contributed by atoms with Gasteiger partial charge in [-0.15, -0.1) is 0 Å². The van der Waals surface area contributed by atoms with E-state index in [0.29, 0.717) is 22.9 Å². The van der Waals surface area contributed by atoms with Crippen molar-refractivity contribution in [2.24, 2.45) is 5.92 Å². The molecule has 1 aliphatic heterocycles. The average molecular weight is 458 g/mol. The van der Waals surface area contributed by atoms with Crippen molar-refractivity contribution >= 4 is 29.7 Å². The van der Waals surface area contributed by atoms with E-state index in [-0.39, 0.29) is 0 Å². The van der Waals surface area contributed by atoms with Crippen LogP contribution in [0.3, 0.4) is 0 Å². The van der Waals surface area contributed by atoms with Gasteiger partial charge in [0.2, 0.25) is 5.88 Å². The van der Waals surface area contributed by atoms with E-state index in [4.69, 9.17) is 4.74 Å². The summed E-state index contributed by atoms with van der Waals surface area (Å²) in [5.41, 5.74) is 1.83. The fourth-order valence-corrected chi connectivity index (χ4v) is 3.56. The number of benzene rings is 2. The Hall–Kier alpha value is -4.53. The number of ether oxygens (including phenoxy) is 1. The highest BCUT2D eigenvalue weighted by Crippen LogP contribution is 2.31. The van der Waals surface area contributed by atoms with Gasteiger partial charge in [0.15, 0.2) is 11.7 Å². The molecular formula is C25H22N4O5. The van der Waals surface area contributed by atoms with Crippen LogP contribution in [0.4, 0.5) is 4.79 Å². The first kappa shape index (κ1) is 22.7. The Morgan fingerprint density at radius 3 is 2.06 bits per heavy atom. The highest BCUT2D eigenvalue weighted by atomic mass is 16.5. The number of para-hydroxylation sites is 2. The van der Waals surface area contributed by atoms with E-state index >= 15 is 0 Å². The standard InChI is InChI=1S/C25H22N4O5/c1-16-19(14-15-20(30)21-22(31)27(2)25(33)28(3)23(21)32)24(34-18-12-8-5-9-13-18)29(26-16)17-10-6-4-7-11-17/h4-15,21H,1-3H3/b15-14+. The predicted octanol–water partition coefficient (Wildman–Crippen LogP) is 3.22. The molecule has 172 valence electrons. The summed E-state index contributed by atoms with van der Waals surface area (Å²) in [5.74, 6) is -3.14. The van der Waals surface area contributed by atoms with Gasteiger partial charge in [-0.05, 0) is 43.3 Å². The van der Waals surface area contributed by atoms with Gasteiger partial charge in [0, 0.05) is 14.1 Å². The van der Waals surface area contributed by atoms with Gasteiger partial charge >= 0.3 is 6.03 Å². The summed E-state index contributed by atoms with van der Waals surface area (Å²) >= 11 is 0. The van der Waals surface area contributed by atoms with Crippen LogP contribution in [0.15, 0.2) is 66.7 Å². The van der Waals surface area contributed by atoms with Crippen LogP contribution in [0, 0.1) is 12.8 Å². The normalized spacial score (nSPS) is 14.9. The molecule has 0 N–H and O–H groups in total. The molecule has 1 saturated heterocycles. The summed E-state index contributed by atoms with van der Waals surface area (Å²) < 4.78 is 7.74. The molecule has 0 atom stereocenters. The number of allylic oxidation sites excluding steroid dienone is 1. The first-order valence-electron chi connectivity index (χ1n) is 10.5. The lowest BCUT2D eigenvalue weighted by atomic mass is 9.98. The molecule has 9 heteroatoms. The minimum atomic E-state index is -1.62. The Morgan fingerprint density at radius 2 is 1.47 bits per heavy atom. The second kappa shape index (κ2) is 9.14. The fourth-order valence-electron chi connectivity index (χ4n) is 3.56. The van der Waals surface area contributed by atoms with Gasteiger partial charge in [0.25, 0.3) is 11.8 Å². The van der Waals surface area contributed by atoms with E-state index in [2.05, 4.69) is 5.10 Å². The summed E-state index contributed by atoms with van der Waals surface area (Å²) in [6.07, 6.45) is 2.62. The third kappa shape index (κ3) is 4.11. The van der Waals surface area contributed by atoms with Crippen molar-refractivity contribution in [3.05, 3.63) is 78.0 Å². The smallest absolute Gasteiger partial charge is 0.332 e. The van der Waals surface area contributed by atoms with Crippen LogP contribution in [0.25, 0.3) is 11.8 Å². The molecule has 0 aliphatic carbocycles. The maximum atomic E-state index is 12.9. The number of hydrogen-bond acceptors (Lipinski definition) is 6. The van der Waals surface area contributed by atoms with Crippen LogP contribution in [-0.2, 0) is 14.4 Å². The molecule has 0 bridgehead atoms. The molecule has 1 aromatic heterocycles. The van der Waals surface area contributed by atoms with Crippen LogP contribution in [0.5, 0.6) is 11.6 Å². The molecule has 1 aliphatic rings. The molecule has 0 saturated carbocycles. The second-order valence-electron chi connectivity index (χ2n) is 7.71. The van der Waals surface area contributed by atoms with Crippen LogP contribution in [0.1, 0.15) is 11.3 Å². The molecule has 4 rings (SSSR count). The van der Waals surface area contributed by atoms with E-state index in [1.807, 2.05) is 48.5 Å². The number of imide groups is 2. The second-order valence-corrected chi connectivity index (χ2v) is 7.71. The lowest BCUT2D eigenvalue weighted by molar-refractivity contribution is -0.150. The molecular weight excluding hydrogens is 436 g/mol. The number of amides is 4. The third-order valence-corrected chi connectivity index (χ3v) is 5.45. The number of rotatable bonds is 6. The van der Waals surface area contributed by atoms with Crippen molar-refractivity contribution in [1.29, 1.82) is 0 Å². The number of hydrogen-bond donors (Lipinski definition) is 0. The molecule has 34 heavy (non-hydrogen) atoms. The van der Waals surface area contributed by atoms with E-state index < -0.39 is 29.5 Å². The number of carbonyl (C=O) groups is 4. The van der Waals surface area contributed by atoms with E-state index in [1.54, 1.807) is 23.7 Å². The zero-order valence-corrected chi connectivity index (χ0v) is 18.8. The first-order valence-corrected chi connectivity index (χ1v) is 10.5. The van der Waals surface area contributed by atoms with Crippen LogP contribution >= 0.6 is 0 Å². The molecule has 0 unspecified atom stereocenters. The van der Waals surface area contributed by atoms with Gasteiger partial charge in [-0.25, -0.2) is 4.79 Å². The molecule has 3 aromatic rings. The Morgan fingerprint density at radius 1 is 0.912 bits per heavy atom. The summed E-state index contributed by atoms with van der Waals surface area (Å²) in [4.78, 5) is 51.3. The predicted molar refractivity (Wildman–Crippen MR) is 123 cm³/mol. The van der Waals surface area contributed by atoms with Gasteiger partial charge in [0.05, 0.1) is 16.9 Å². The Labute approximate surface area is 195 Å². The van der Waals surface area contributed by atoms with Crippen LogP contribution < -0.4 is 4.74 Å². The number of nitrogens with zero attached hydrogens (tertiary/aromatic N) is 4. The molecule has 9 nitrogen and oxygen atoms in total. The quantitative estimate of drug-likeness (QED) is 0.415. The number of carbonyl (C=O) groups excluding carboxylic acids is 4. The van der Waals surface area contributed by atoms with Gasteiger partial charge in [0.1, 0.15) is 5.75 Å². The van der Waals surface area contributed by atoms with Crippen molar-refractivity contribution in [2.75, 3.05) is 14.1 Å². The zero-order valence-electron chi connectivity index (χ0n) is 18.8. The summed E-state index contributed by atoms with van der Waals surface area (Å²) in [6.45, 7) is 1.76. The highest BCUT2D eigenvalue weighted by Gasteiger charge is 2.45. The Bertz CT molecular complexity index is 1270. The maximum Gasteiger partial charge on any atom is 0.332 e. The molecule has 1 fully saturated rings. The lowest BCUT2D eigenvalue weighted by Crippen LogP contribution is -2.58. The van der Waals surface area contributed by atoms with Gasteiger partial charge in [-0.2, -0.15) is 9.78 Å². The number of ketones is 1. The first-order chi connectivity index (χ1) is 16.3. The minimum Gasteiger partial charge on any atom is -0.438 e. The Balaban J connectivity index is 1.72. The minimum absolute atomic E-state index is 0.365. The van der Waals surface area contributed by atoms with Gasteiger partial charge in [-0.1, -0.05) is 36.4 Å². The largest absolute Gasteiger partial charge is 0.438 e. The van der Waals surface area contributed by atoms with E-state index in [1.165, 1.54) is 20.2 Å². The van der Waals surface area contributed by atoms with Crippen molar-refractivity contribution in [3.8, 4) is 17.3 Å². The van der Waals surface area contributed by atoms with Crippen LogP contribution in [-0.4, -0.2) is 57.3 Å². The number of aromatic nitrogens is 2. The van der Waals surface area contributed by atoms with Crippen molar-refractivity contribution in [1.82, 2.24) is 19.6 Å². The topological polar surface area (TPSA) is 102 Å². The molecule has 2 heterocycles. The SMILES string of the molecule is Cc1nn(-c2ccccc2)c(Oc2ccccc2)c1/C=C/C(=O)C1C(=O)N(C)C(=O)N(C)C1=O. The highest BCUT2D eigenvalue weighted by molar-refractivity contribution is 6.28. The van der Waals surface area contributed by atoms with Gasteiger partial charge < -0.3 is 4.74 Å². The average Bonchev–Trinajstić information content (AvgIpc) is 3.16. The fraction of sp³-hybridized carbons (Fsp3) is 0.160. The summed E-state index contributed by atoms with van der Waals surface area (Å²) in [6, 6.07) is 17.7.